The molecule has 0 rings (SSSR count). The fourth-order valence-electron chi connectivity index (χ4n) is 5.88. The highest BCUT2D eigenvalue weighted by atomic mass is 32.8. The van der Waals surface area contributed by atoms with Gasteiger partial charge in [-0.2, -0.15) is 0 Å². The molecule has 0 aromatic carbocycles. The van der Waals surface area contributed by atoms with Crippen LogP contribution < -0.4 is 0 Å². The predicted octanol–water partition coefficient (Wildman–Crippen LogP) is 11.3. The Morgan fingerprint density at radius 3 is 1.30 bits per heavy atom. The summed E-state index contributed by atoms with van der Waals surface area (Å²) in [6.45, 7) is -0.0763. The van der Waals surface area contributed by atoms with Gasteiger partial charge in [-0.25, -0.2) is 13.0 Å². The topological polar surface area (TPSA) is 126 Å². The van der Waals surface area contributed by atoms with Gasteiger partial charge in [-0.05, 0) is 71.1 Å². The number of rotatable bonds is 34. The van der Waals surface area contributed by atoms with Crippen molar-refractivity contribution in [1.29, 1.82) is 0 Å². The molecule has 0 bridgehead atoms. The number of hydrogen-bond acceptors (Lipinski definition) is 5. The van der Waals surface area contributed by atoms with Gasteiger partial charge in [0.05, 0.1) is 5.92 Å². The van der Waals surface area contributed by atoms with Gasteiger partial charge >= 0.3 is 6.80 Å². The molecule has 0 spiro atoms. The molecule has 0 aromatic rings. The van der Waals surface area contributed by atoms with Crippen LogP contribution in [0.2, 0.25) is 0 Å². The summed E-state index contributed by atoms with van der Waals surface area (Å²) in [5, 5.41) is -1.91. The van der Waals surface area contributed by atoms with E-state index in [1.54, 1.807) is 0 Å². The van der Waals surface area contributed by atoms with Crippen LogP contribution in [0.25, 0.3) is 0 Å². The van der Waals surface area contributed by atoms with Crippen LogP contribution in [-0.4, -0.2) is 35.0 Å². The Hall–Kier alpha value is -1.08. The van der Waals surface area contributed by atoms with E-state index in [0.29, 0.717) is 12.8 Å². The Morgan fingerprint density at radius 2 is 0.915 bits per heavy atom. The molecular weight excluding hydrogens is 631 g/mol. The summed E-state index contributed by atoms with van der Waals surface area (Å²) in [6, 6.07) is 0. The number of carbonyl (C=O) groups excluding carboxylic acids is 2. The molecule has 2 N–H and O–H groups in total. The lowest BCUT2D eigenvalue weighted by Crippen LogP contribution is -2.36. The van der Waals surface area contributed by atoms with Crippen LogP contribution in [-0.2, 0) is 23.6 Å². The maximum Gasteiger partial charge on any atom is 0.440 e. The minimum Gasteiger partial charge on any atom is -0.313 e. The van der Waals surface area contributed by atoms with Gasteiger partial charge in [-0.3, -0.25) is 9.59 Å². The Bertz CT molecular complexity index is 1000. The van der Waals surface area contributed by atoms with Crippen LogP contribution in [0.5, 0.6) is 0 Å². The Kier molecular flexibility index (Phi) is 29.1. The van der Waals surface area contributed by atoms with E-state index in [1.807, 2.05) is 0 Å². The quantitative estimate of drug-likeness (QED) is 0.0296. The normalized spacial score (nSPS) is 13.9. The molecule has 0 heterocycles. The average molecular weight is 703 g/mol. The lowest BCUT2D eigenvalue weighted by Gasteiger charge is -2.20. The van der Waals surface area contributed by atoms with Gasteiger partial charge in [0.1, 0.15) is 11.0 Å². The number of unbranched alkanes of at least 4 members (excludes halogenated alkanes) is 21. The minimum atomic E-state index is -5.53. The fourth-order valence-corrected chi connectivity index (χ4v) is 8.30. The molecule has 0 radical (unpaired) electrons. The minimum absolute atomic E-state index is 0.181. The van der Waals surface area contributed by atoms with Gasteiger partial charge in [0.25, 0.3) is 9.46 Å². The number of carbonyl (C=O) groups is 2. The number of allylic oxidation sites excluding steroid dienone is 4. The van der Waals surface area contributed by atoms with E-state index < -0.39 is 33.2 Å². The molecule has 0 aliphatic carbocycles. The smallest absolute Gasteiger partial charge is 0.313 e. The summed E-state index contributed by atoms with van der Waals surface area (Å²) in [5.41, 5.74) is 0. The molecule has 0 amide bonds. The van der Waals surface area contributed by atoms with Crippen LogP contribution >= 0.6 is 6.80 Å². The molecule has 2 atom stereocenters. The van der Waals surface area contributed by atoms with Crippen molar-refractivity contribution in [2.75, 3.05) is 0 Å². The van der Waals surface area contributed by atoms with Crippen molar-refractivity contribution in [2.45, 2.75) is 199 Å². The second kappa shape index (κ2) is 29.8. The van der Waals surface area contributed by atoms with E-state index in [1.165, 1.54) is 77.0 Å². The molecule has 0 saturated heterocycles. The Morgan fingerprint density at radius 1 is 0.574 bits per heavy atom. The summed E-state index contributed by atoms with van der Waals surface area (Å²) in [7, 11) is -5.01. The first-order chi connectivity index (χ1) is 22.5. The van der Waals surface area contributed by atoms with Gasteiger partial charge in [0, 0.05) is 6.42 Å². The van der Waals surface area contributed by atoms with Crippen LogP contribution in [0.3, 0.4) is 0 Å². The summed E-state index contributed by atoms with van der Waals surface area (Å²) in [5.74, 6) is -2.33. The van der Waals surface area contributed by atoms with Crippen molar-refractivity contribution in [3.63, 3.8) is 0 Å². The predicted molar refractivity (Wildman–Crippen MR) is 198 cm³/mol. The fraction of sp³-hybridized carbons (Fsp3) is 0.842. The molecule has 276 valence electrons. The standard InChI is InChI=1S/C38H71O7PS/c1-4-6-8-10-12-14-16-18-20-22-24-26-28-30-32-34-37(39)36(38(40)35(3)47(44,45)46(41,42)43)33-31-29-27-25-23-21-19-17-15-13-11-9-7-5-2/h18-21,35-36H,4-17,22-34H2,1-3H3,(H2,41,42,43)/b20-18-,21-19-. The summed E-state index contributed by atoms with van der Waals surface area (Å²) < 4.78 is 36.2. The van der Waals surface area contributed by atoms with Crippen LogP contribution in [0, 0.1) is 5.92 Å². The first-order valence-electron chi connectivity index (χ1n) is 19.2. The maximum absolute atomic E-state index is 13.1. The van der Waals surface area contributed by atoms with E-state index in [-0.39, 0.29) is 18.6 Å². The molecule has 0 saturated carbocycles. The van der Waals surface area contributed by atoms with Crippen molar-refractivity contribution in [3.8, 4) is 0 Å². The third-order valence-electron chi connectivity index (χ3n) is 9.10. The highest BCUT2D eigenvalue weighted by Gasteiger charge is 2.45. The van der Waals surface area contributed by atoms with Gasteiger partial charge < -0.3 is 9.79 Å². The van der Waals surface area contributed by atoms with Gasteiger partial charge in [0.2, 0.25) is 0 Å². The second-order valence-corrected chi connectivity index (χ2v) is 19.1. The summed E-state index contributed by atoms with van der Waals surface area (Å²) in [6.07, 6.45) is 37.4. The molecule has 0 aliphatic rings. The Labute approximate surface area is 289 Å². The van der Waals surface area contributed by atoms with Crippen molar-refractivity contribution in [1.82, 2.24) is 0 Å². The zero-order chi connectivity index (χ0) is 35.2. The third-order valence-corrected chi connectivity index (χ3v) is 13.8. The van der Waals surface area contributed by atoms with Crippen molar-refractivity contribution >= 4 is 27.8 Å². The van der Waals surface area contributed by atoms with Gasteiger partial charge in [0.15, 0.2) is 5.78 Å². The number of ketones is 2. The largest absolute Gasteiger partial charge is 0.440 e. The molecule has 2 unspecified atom stereocenters. The highest BCUT2D eigenvalue weighted by Crippen LogP contribution is 2.46. The second-order valence-electron chi connectivity index (χ2n) is 13.4. The van der Waals surface area contributed by atoms with Crippen LogP contribution in [0.15, 0.2) is 24.3 Å². The summed E-state index contributed by atoms with van der Waals surface area (Å²) in [4.78, 5) is 44.9. The van der Waals surface area contributed by atoms with Crippen LogP contribution in [0.4, 0.5) is 0 Å². The lowest BCUT2D eigenvalue weighted by atomic mass is 9.88. The first-order valence-corrected chi connectivity index (χ1v) is 22.9. The molecule has 7 nitrogen and oxygen atoms in total. The summed E-state index contributed by atoms with van der Waals surface area (Å²) >= 11 is 0. The SMILES string of the molecule is CCCCCCCC/C=C\CCCCCCCC(=O)C(CCCCCC/C=C\CCCCCCCC)C(=O)C(C)S(=O)(=O)P(=O)(O)O. The monoisotopic (exact) mass is 702 g/mol. The van der Waals surface area contributed by atoms with Gasteiger partial charge in [-0.15, -0.1) is 0 Å². The van der Waals surface area contributed by atoms with Crippen molar-refractivity contribution in [2.24, 2.45) is 5.92 Å². The average Bonchev–Trinajstić information content (AvgIpc) is 3.03. The van der Waals surface area contributed by atoms with Crippen LogP contribution in [0.1, 0.15) is 194 Å². The third kappa shape index (κ3) is 23.8. The molecule has 0 aliphatic heterocycles. The molecule has 0 fully saturated rings. The van der Waals surface area contributed by atoms with Gasteiger partial charge in [-0.1, -0.05) is 141 Å². The Balaban J connectivity index is 4.52. The van der Waals surface area contributed by atoms with E-state index >= 15 is 0 Å². The molecule has 0 aromatic heterocycles. The highest BCUT2D eigenvalue weighted by molar-refractivity contribution is 8.49. The first kappa shape index (κ1) is 45.9. The lowest BCUT2D eigenvalue weighted by molar-refractivity contribution is -0.132. The van der Waals surface area contributed by atoms with E-state index in [4.69, 9.17) is 0 Å². The van der Waals surface area contributed by atoms with E-state index in [2.05, 4.69) is 38.2 Å². The van der Waals surface area contributed by atoms with Crippen molar-refractivity contribution < 1.29 is 32.4 Å². The van der Waals surface area contributed by atoms with Crippen molar-refractivity contribution in [3.05, 3.63) is 24.3 Å². The maximum atomic E-state index is 13.1. The molecule has 47 heavy (non-hydrogen) atoms. The number of hydrogen-bond donors (Lipinski definition) is 2. The van der Waals surface area contributed by atoms with E-state index in [9.17, 15) is 32.4 Å². The molecule has 9 heteroatoms. The van der Waals surface area contributed by atoms with E-state index in [0.717, 1.165) is 77.6 Å². The zero-order valence-corrected chi connectivity index (χ0v) is 32.1. The molecular formula is C38H71O7PS. The number of Topliss-reactive ketones (excluding diaryl/α,β-unsaturated/α-hetero) is 2. The zero-order valence-electron chi connectivity index (χ0n) is 30.3.